The zero-order valence-corrected chi connectivity index (χ0v) is 10.1. The van der Waals surface area contributed by atoms with Gasteiger partial charge in [0.05, 0.1) is 5.69 Å². The van der Waals surface area contributed by atoms with Crippen molar-refractivity contribution in [3.05, 3.63) is 11.4 Å². The fourth-order valence-corrected chi connectivity index (χ4v) is 1.60. The number of alkyl halides is 5. The van der Waals surface area contributed by atoms with Crippen molar-refractivity contribution in [2.75, 3.05) is 0 Å². The lowest BCUT2D eigenvalue weighted by Crippen LogP contribution is -2.37. The van der Waals surface area contributed by atoms with Gasteiger partial charge in [-0.25, -0.2) is 4.68 Å². The Bertz CT molecular complexity index is 373. The van der Waals surface area contributed by atoms with Crippen LogP contribution in [0.4, 0.5) is 22.0 Å². The van der Waals surface area contributed by atoms with E-state index in [0.717, 1.165) is 0 Å². The number of hydrogen-bond acceptors (Lipinski definition) is 2. The van der Waals surface area contributed by atoms with Crippen LogP contribution in [-0.4, -0.2) is 21.2 Å². The SMILES string of the molecule is CCCc1nnn(CCC)c1C(F)(F)C(F)(F)F. The van der Waals surface area contributed by atoms with E-state index in [2.05, 4.69) is 10.3 Å². The third kappa shape index (κ3) is 2.62. The topological polar surface area (TPSA) is 30.7 Å². The summed E-state index contributed by atoms with van der Waals surface area (Å²) in [6.07, 6.45) is -4.77. The van der Waals surface area contributed by atoms with Crippen molar-refractivity contribution < 1.29 is 22.0 Å². The molecule has 0 radical (unpaired) electrons. The Hall–Kier alpha value is -1.21. The molecule has 0 spiro atoms. The molecule has 104 valence electrons. The van der Waals surface area contributed by atoms with Gasteiger partial charge >= 0.3 is 12.1 Å². The molecule has 3 nitrogen and oxygen atoms in total. The van der Waals surface area contributed by atoms with E-state index in [1.807, 2.05) is 0 Å². The molecule has 1 heterocycles. The summed E-state index contributed by atoms with van der Waals surface area (Å²) in [4.78, 5) is 0. The Balaban J connectivity index is 3.29. The zero-order valence-electron chi connectivity index (χ0n) is 10.1. The van der Waals surface area contributed by atoms with Crippen molar-refractivity contribution in [2.24, 2.45) is 0 Å². The first-order valence-electron chi connectivity index (χ1n) is 5.63. The van der Waals surface area contributed by atoms with Crippen LogP contribution in [-0.2, 0) is 18.9 Å². The van der Waals surface area contributed by atoms with Gasteiger partial charge in [-0.1, -0.05) is 25.5 Å². The summed E-state index contributed by atoms with van der Waals surface area (Å²) in [6.45, 7) is 3.32. The second-order valence-electron chi connectivity index (χ2n) is 3.93. The Kier molecular flexibility index (Phi) is 4.28. The molecule has 0 aliphatic heterocycles. The molecule has 0 N–H and O–H groups in total. The lowest BCUT2D eigenvalue weighted by molar-refractivity contribution is -0.292. The van der Waals surface area contributed by atoms with Crippen molar-refractivity contribution in [3.8, 4) is 0 Å². The first-order chi connectivity index (χ1) is 8.25. The van der Waals surface area contributed by atoms with Crippen LogP contribution in [0.2, 0.25) is 0 Å². The van der Waals surface area contributed by atoms with E-state index in [-0.39, 0.29) is 18.7 Å². The van der Waals surface area contributed by atoms with Crippen molar-refractivity contribution >= 4 is 0 Å². The minimum atomic E-state index is -5.64. The zero-order chi connectivity index (χ0) is 14.0. The molecular weight excluding hydrogens is 257 g/mol. The van der Waals surface area contributed by atoms with E-state index in [4.69, 9.17) is 0 Å². The monoisotopic (exact) mass is 271 g/mol. The molecular formula is C10H14F5N3. The van der Waals surface area contributed by atoms with Gasteiger partial charge in [-0.3, -0.25) is 0 Å². The molecule has 0 aliphatic carbocycles. The molecule has 0 aliphatic rings. The van der Waals surface area contributed by atoms with Gasteiger partial charge in [0.25, 0.3) is 0 Å². The predicted molar refractivity (Wildman–Crippen MR) is 54.3 cm³/mol. The van der Waals surface area contributed by atoms with Crippen LogP contribution >= 0.6 is 0 Å². The molecule has 0 amide bonds. The molecule has 1 aromatic rings. The highest BCUT2D eigenvalue weighted by Crippen LogP contribution is 2.44. The quantitative estimate of drug-likeness (QED) is 0.769. The lowest BCUT2D eigenvalue weighted by Gasteiger charge is -2.21. The molecule has 18 heavy (non-hydrogen) atoms. The standard InChI is InChI=1S/C10H14F5N3/c1-3-5-7-8(9(11,12)10(13,14)15)18(6-4-2)17-16-7/h3-6H2,1-2H3. The van der Waals surface area contributed by atoms with Crippen molar-refractivity contribution in [1.82, 2.24) is 15.0 Å². The van der Waals surface area contributed by atoms with Crippen LogP contribution in [0.3, 0.4) is 0 Å². The number of aryl methyl sites for hydroxylation is 2. The second kappa shape index (κ2) is 5.19. The number of nitrogens with zero attached hydrogens (tertiary/aromatic N) is 3. The van der Waals surface area contributed by atoms with Gasteiger partial charge in [0.15, 0.2) is 0 Å². The van der Waals surface area contributed by atoms with Crippen LogP contribution in [0.5, 0.6) is 0 Å². The molecule has 0 aromatic carbocycles. The Morgan fingerprint density at radius 3 is 2.11 bits per heavy atom. The first-order valence-corrected chi connectivity index (χ1v) is 5.63. The fraction of sp³-hybridized carbons (Fsp3) is 0.800. The molecule has 0 saturated carbocycles. The highest BCUT2D eigenvalue weighted by Gasteiger charge is 2.61. The number of rotatable bonds is 5. The van der Waals surface area contributed by atoms with Gasteiger partial charge in [-0.2, -0.15) is 22.0 Å². The smallest absolute Gasteiger partial charge is 0.243 e. The molecule has 1 aromatic heterocycles. The first kappa shape index (κ1) is 14.8. The van der Waals surface area contributed by atoms with E-state index in [0.29, 0.717) is 17.5 Å². The van der Waals surface area contributed by atoms with E-state index in [1.165, 1.54) is 0 Å². The van der Waals surface area contributed by atoms with Crippen LogP contribution in [0, 0.1) is 0 Å². The minimum absolute atomic E-state index is 0.0162. The Morgan fingerprint density at radius 1 is 1.06 bits per heavy atom. The summed E-state index contributed by atoms with van der Waals surface area (Å²) in [5.41, 5.74) is -1.41. The highest BCUT2D eigenvalue weighted by molar-refractivity contribution is 5.18. The summed E-state index contributed by atoms with van der Waals surface area (Å²) in [7, 11) is 0. The summed E-state index contributed by atoms with van der Waals surface area (Å²) in [5.74, 6) is -4.92. The average Bonchev–Trinajstić information content (AvgIpc) is 2.61. The Labute approximate surface area is 101 Å². The molecule has 0 saturated heterocycles. The van der Waals surface area contributed by atoms with Crippen molar-refractivity contribution in [1.29, 1.82) is 0 Å². The molecule has 1 rings (SSSR count). The number of hydrogen-bond donors (Lipinski definition) is 0. The van der Waals surface area contributed by atoms with Gasteiger partial charge in [0, 0.05) is 6.54 Å². The third-order valence-corrected chi connectivity index (χ3v) is 2.38. The van der Waals surface area contributed by atoms with Crippen LogP contribution < -0.4 is 0 Å². The second-order valence-corrected chi connectivity index (χ2v) is 3.93. The largest absolute Gasteiger partial charge is 0.459 e. The third-order valence-electron chi connectivity index (χ3n) is 2.38. The van der Waals surface area contributed by atoms with Gasteiger partial charge in [-0.15, -0.1) is 5.10 Å². The maximum atomic E-state index is 13.4. The van der Waals surface area contributed by atoms with Crippen molar-refractivity contribution in [2.45, 2.75) is 51.8 Å². The van der Waals surface area contributed by atoms with Crippen molar-refractivity contribution in [3.63, 3.8) is 0 Å². The summed E-state index contributed by atoms with van der Waals surface area (Å²) in [5, 5.41) is 6.83. The highest BCUT2D eigenvalue weighted by atomic mass is 19.4. The van der Waals surface area contributed by atoms with Gasteiger partial charge in [0.1, 0.15) is 5.69 Å². The normalized spacial score (nSPS) is 13.1. The average molecular weight is 271 g/mol. The van der Waals surface area contributed by atoms with E-state index in [1.54, 1.807) is 13.8 Å². The minimum Gasteiger partial charge on any atom is -0.243 e. The van der Waals surface area contributed by atoms with Crippen LogP contribution in [0.15, 0.2) is 0 Å². The van der Waals surface area contributed by atoms with Gasteiger partial charge in [-0.05, 0) is 12.8 Å². The van der Waals surface area contributed by atoms with Gasteiger partial charge < -0.3 is 0 Å². The van der Waals surface area contributed by atoms with Crippen LogP contribution in [0.1, 0.15) is 38.1 Å². The molecule has 0 atom stereocenters. The van der Waals surface area contributed by atoms with Crippen LogP contribution in [0.25, 0.3) is 0 Å². The van der Waals surface area contributed by atoms with E-state index >= 15 is 0 Å². The lowest BCUT2D eigenvalue weighted by atomic mass is 10.1. The summed E-state index contributed by atoms with van der Waals surface area (Å²) >= 11 is 0. The number of halogens is 5. The summed E-state index contributed by atoms with van der Waals surface area (Å²) < 4.78 is 64.8. The fourth-order valence-electron chi connectivity index (χ4n) is 1.60. The molecule has 0 bridgehead atoms. The maximum absolute atomic E-state index is 13.4. The number of aromatic nitrogens is 3. The molecule has 0 fully saturated rings. The summed E-state index contributed by atoms with van der Waals surface area (Å²) in [6, 6.07) is 0. The molecule has 8 heteroatoms. The van der Waals surface area contributed by atoms with E-state index in [9.17, 15) is 22.0 Å². The molecule has 0 unspecified atom stereocenters. The predicted octanol–water partition coefficient (Wildman–Crippen LogP) is 3.29. The van der Waals surface area contributed by atoms with Gasteiger partial charge in [0.2, 0.25) is 0 Å². The Morgan fingerprint density at radius 2 is 1.67 bits per heavy atom. The maximum Gasteiger partial charge on any atom is 0.459 e. The van der Waals surface area contributed by atoms with E-state index < -0.39 is 17.8 Å².